The second-order valence-electron chi connectivity index (χ2n) is 7.26. The lowest BCUT2D eigenvalue weighted by molar-refractivity contribution is -0.118. The fraction of sp³-hybridized carbons (Fsp3) is 0.208. The van der Waals surface area contributed by atoms with Crippen molar-refractivity contribution in [2.75, 3.05) is 19.4 Å². The molecule has 0 unspecified atom stereocenters. The van der Waals surface area contributed by atoms with Crippen LogP contribution in [0.3, 0.4) is 0 Å². The number of nitrogens with zero attached hydrogens (tertiary/aromatic N) is 2. The highest BCUT2D eigenvalue weighted by Crippen LogP contribution is 2.21. The lowest BCUT2D eigenvalue weighted by atomic mass is 10.1. The molecule has 2 aromatic carbocycles. The van der Waals surface area contributed by atoms with Crippen LogP contribution in [0.15, 0.2) is 75.2 Å². The van der Waals surface area contributed by atoms with Gasteiger partial charge in [-0.3, -0.25) is 14.2 Å². The molecule has 0 aliphatic rings. The normalized spacial score (nSPS) is 11.0. The Morgan fingerprint density at radius 3 is 2.76 bits per heavy atom. The summed E-state index contributed by atoms with van der Waals surface area (Å²) in [4.78, 5) is 30.2. The Kier molecular flexibility index (Phi) is 7.36. The first-order valence-electron chi connectivity index (χ1n) is 10.3. The van der Waals surface area contributed by atoms with E-state index in [4.69, 9.17) is 20.8 Å². The summed E-state index contributed by atoms with van der Waals surface area (Å²) >= 11 is 7.29. The molecule has 33 heavy (non-hydrogen) atoms. The van der Waals surface area contributed by atoms with Crippen LogP contribution >= 0.6 is 23.4 Å². The number of rotatable bonds is 9. The highest BCUT2D eigenvalue weighted by Gasteiger charge is 2.15. The van der Waals surface area contributed by atoms with Crippen LogP contribution in [0.1, 0.15) is 11.3 Å². The quantitative estimate of drug-likeness (QED) is 0.284. The molecule has 0 aliphatic heterocycles. The van der Waals surface area contributed by atoms with Gasteiger partial charge >= 0.3 is 0 Å². The van der Waals surface area contributed by atoms with E-state index in [1.165, 1.54) is 16.3 Å². The molecule has 2 heterocycles. The van der Waals surface area contributed by atoms with Crippen LogP contribution in [0.4, 0.5) is 0 Å². The average molecular weight is 484 g/mol. The number of hydrogen-bond donors (Lipinski definition) is 1. The number of nitrogens with one attached hydrogen (secondary N) is 1. The SMILES string of the molecule is COc1ccc(CCNC(=O)CSc2nc3cc(Cl)ccc3c(=O)n2Cc2ccco2)cc1. The van der Waals surface area contributed by atoms with Crippen molar-refractivity contribution in [3.63, 3.8) is 0 Å². The van der Waals surface area contributed by atoms with Crippen molar-refractivity contribution in [3.8, 4) is 5.75 Å². The number of methoxy groups -OCH3 is 1. The highest BCUT2D eigenvalue weighted by atomic mass is 35.5. The smallest absolute Gasteiger partial charge is 0.262 e. The van der Waals surface area contributed by atoms with E-state index in [1.807, 2.05) is 24.3 Å². The molecule has 1 amide bonds. The van der Waals surface area contributed by atoms with Crippen LogP contribution in [0.5, 0.6) is 5.75 Å². The number of thioether (sulfide) groups is 1. The maximum Gasteiger partial charge on any atom is 0.262 e. The van der Waals surface area contributed by atoms with Crippen molar-refractivity contribution in [2.24, 2.45) is 0 Å². The zero-order valence-electron chi connectivity index (χ0n) is 17.9. The standard InChI is InChI=1S/C24H22ClN3O4S/c1-31-18-7-4-16(5-8-18)10-11-26-22(29)15-33-24-27-21-13-17(25)6-9-20(21)23(30)28(24)14-19-3-2-12-32-19/h2-9,12-13H,10-11,14-15H2,1H3,(H,26,29). The number of amides is 1. The van der Waals surface area contributed by atoms with Gasteiger partial charge in [0.05, 0.1) is 36.6 Å². The Labute approximate surface area is 199 Å². The molecule has 0 radical (unpaired) electrons. The van der Waals surface area contributed by atoms with E-state index >= 15 is 0 Å². The summed E-state index contributed by atoms with van der Waals surface area (Å²) in [5.41, 5.74) is 1.38. The Balaban J connectivity index is 1.45. The van der Waals surface area contributed by atoms with Crippen molar-refractivity contribution in [1.82, 2.24) is 14.9 Å². The number of halogens is 1. The van der Waals surface area contributed by atoms with Crippen LogP contribution in [-0.4, -0.2) is 34.9 Å². The van der Waals surface area contributed by atoms with Crippen LogP contribution < -0.4 is 15.6 Å². The van der Waals surface area contributed by atoms with Gasteiger partial charge in [0.2, 0.25) is 5.91 Å². The molecule has 0 atom stereocenters. The second-order valence-corrected chi connectivity index (χ2v) is 8.64. The van der Waals surface area contributed by atoms with E-state index in [9.17, 15) is 9.59 Å². The minimum atomic E-state index is -0.213. The maximum atomic E-state index is 13.1. The van der Waals surface area contributed by atoms with E-state index in [1.54, 1.807) is 43.7 Å². The van der Waals surface area contributed by atoms with Gasteiger partial charge in [0.1, 0.15) is 11.5 Å². The lowest BCUT2D eigenvalue weighted by Crippen LogP contribution is -2.28. The molecule has 0 saturated carbocycles. The largest absolute Gasteiger partial charge is 0.497 e. The minimum absolute atomic E-state index is 0.124. The van der Waals surface area contributed by atoms with Gasteiger partial charge in [-0.1, -0.05) is 35.5 Å². The molecule has 170 valence electrons. The molecule has 4 aromatic rings. The van der Waals surface area contributed by atoms with Gasteiger partial charge in [-0.15, -0.1) is 0 Å². The van der Waals surface area contributed by atoms with E-state index in [2.05, 4.69) is 10.3 Å². The van der Waals surface area contributed by atoms with Crippen LogP contribution in [0.25, 0.3) is 10.9 Å². The fourth-order valence-corrected chi connectivity index (χ4v) is 4.30. The molecule has 0 bridgehead atoms. The molecular formula is C24H22ClN3O4S. The zero-order valence-corrected chi connectivity index (χ0v) is 19.5. The Morgan fingerprint density at radius 2 is 2.03 bits per heavy atom. The van der Waals surface area contributed by atoms with E-state index in [0.717, 1.165) is 11.3 Å². The van der Waals surface area contributed by atoms with Crippen molar-refractivity contribution in [1.29, 1.82) is 0 Å². The molecule has 9 heteroatoms. The van der Waals surface area contributed by atoms with Gasteiger partial charge in [0.15, 0.2) is 5.16 Å². The van der Waals surface area contributed by atoms with Crippen LogP contribution in [0, 0.1) is 0 Å². The van der Waals surface area contributed by atoms with Gasteiger partial charge in [-0.25, -0.2) is 4.98 Å². The van der Waals surface area contributed by atoms with E-state index in [-0.39, 0.29) is 23.8 Å². The van der Waals surface area contributed by atoms with Gasteiger partial charge in [-0.2, -0.15) is 0 Å². The number of benzene rings is 2. The molecule has 0 spiro atoms. The topological polar surface area (TPSA) is 86.4 Å². The summed E-state index contributed by atoms with van der Waals surface area (Å²) < 4.78 is 12.1. The molecule has 0 saturated heterocycles. The second kappa shape index (κ2) is 10.6. The van der Waals surface area contributed by atoms with E-state index in [0.29, 0.717) is 39.8 Å². The van der Waals surface area contributed by atoms with E-state index < -0.39 is 0 Å². The molecule has 1 N–H and O–H groups in total. The molecule has 0 fully saturated rings. The summed E-state index contributed by atoms with van der Waals surface area (Å²) in [5.74, 6) is 1.40. The van der Waals surface area contributed by atoms with Gasteiger partial charge in [0.25, 0.3) is 5.56 Å². The Bertz CT molecular complexity index is 1300. The predicted molar refractivity (Wildman–Crippen MR) is 129 cm³/mol. The number of furan rings is 1. The lowest BCUT2D eigenvalue weighted by Gasteiger charge is -2.12. The third-order valence-electron chi connectivity index (χ3n) is 5.00. The highest BCUT2D eigenvalue weighted by molar-refractivity contribution is 7.99. The Morgan fingerprint density at radius 1 is 1.21 bits per heavy atom. The zero-order chi connectivity index (χ0) is 23.2. The van der Waals surface area contributed by atoms with Crippen molar-refractivity contribution in [2.45, 2.75) is 18.1 Å². The summed E-state index contributed by atoms with van der Waals surface area (Å²) in [5, 5.41) is 4.29. The van der Waals surface area contributed by atoms with Gasteiger partial charge in [0, 0.05) is 11.6 Å². The summed E-state index contributed by atoms with van der Waals surface area (Å²) in [6, 6.07) is 16.2. The van der Waals surface area contributed by atoms with Crippen molar-refractivity contribution in [3.05, 3.63) is 87.6 Å². The fourth-order valence-electron chi connectivity index (χ4n) is 3.30. The third-order valence-corrected chi connectivity index (χ3v) is 6.22. The number of fused-ring (bicyclic) bond motifs is 1. The number of ether oxygens (including phenoxy) is 1. The number of hydrogen-bond acceptors (Lipinski definition) is 6. The summed E-state index contributed by atoms with van der Waals surface area (Å²) in [6.45, 7) is 0.727. The average Bonchev–Trinajstić information content (AvgIpc) is 3.33. The maximum absolute atomic E-state index is 13.1. The monoisotopic (exact) mass is 483 g/mol. The first-order chi connectivity index (χ1) is 16.0. The number of aromatic nitrogens is 2. The third kappa shape index (κ3) is 5.77. The summed E-state index contributed by atoms with van der Waals surface area (Å²) in [6.07, 6.45) is 2.26. The molecule has 0 aliphatic carbocycles. The molecule has 2 aromatic heterocycles. The predicted octanol–water partition coefficient (Wildman–Crippen LogP) is 4.15. The summed E-state index contributed by atoms with van der Waals surface area (Å²) in [7, 11) is 1.63. The molecular weight excluding hydrogens is 462 g/mol. The number of carbonyl (C=O) groups is 1. The van der Waals surface area contributed by atoms with Crippen molar-refractivity contribution >= 4 is 40.2 Å². The Hall–Kier alpha value is -3.23. The van der Waals surface area contributed by atoms with Crippen molar-refractivity contribution < 1.29 is 13.9 Å². The first kappa shape index (κ1) is 22.9. The minimum Gasteiger partial charge on any atom is -0.497 e. The van der Waals surface area contributed by atoms with Gasteiger partial charge < -0.3 is 14.5 Å². The number of carbonyl (C=O) groups excluding carboxylic acids is 1. The van der Waals surface area contributed by atoms with Crippen LogP contribution in [-0.2, 0) is 17.8 Å². The van der Waals surface area contributed by atoms with Crippen LogP contribution in [0.2, 0.25) is 5.02 Å². The molecule has 7 nitrogen and oxygen atoms in total. The van der Waals surface area contributed by atoms with Gasteiger partial charge in [-0.05, 0) is 54.4 Å². The first-order valence-corrected chi connectivity index (χ1v) is 11.6. The molecule has 4 rings (SSSR count).